The lowest BCUT2D eigenvalue weighted by atomic mass is 9.78. The molecule has 1 aromatic rings. The molecule has 0 saturated heterocycles. The topological polar surface area (TPSA) is 50.1 Å². The molecule has 1 aliphatic rings. The van der Waals surface area contributed by atoms with Crippen LogP contribution in [0.5, 0.6) is 0 Å². The average molecular weight is 286 g/mol. The minimum atomic E-state index is -0.541. The molecule has 108 valence electrons. The Morgan fingerprint density at radius 3 is 2.74 bits per heavy atom. The van der Waals surface area contributed by atoms with Crippen molar-refractivity contribution < 1.29 is 5.11 Å². The van der Waals surface area contributed by atoms with Gasteiger partial charge < -0.3 is 15.0 Å². The molecule has 1 aliphatic carbocycles. The molecule has 1 aromatic heterocycles. The van der Waals surface area contributed by atoms with Gasteiger partial charge in [-0.2, -0.15) is 0 Å². The predicted molar refractivity (Wildman–Crippen MR) is 77.1 cm³/mol. The summed E-state index contributed by atoms with van der Waals surface area (Å²) in [5.41, 5.74) is -0.541. The zero-order chi connectivity index (χ0) is 13.9. The molecule has 0 aromatic carbocycles. The molecule has 1 heterocycles. The van der Waals surface area contributed by atoms with Crippen molar-refractivity contribution in [2.75, 3.05) is 6.54 Å². The lowest BCUT2D eigenvalue weighted by Gasteiger charge is -2.36. The van der Waals surface area contributed by atoms with Gasteiger partial charge in [-0.25, -0.2) is 4.98 Å². The van der Waals surface area contributed by atoms with Crippen LogP contribution in [-0.4, -0.2) is 26.8 Å². The van der Waals surface area contributed by atoms with Crippen LogP contribution in [0.15, 0.2) is 6.20 Å². The Kier molecular flexibility index (Phi) is 4.87. The monoisotopic (exact) mass is 285 g/mol. The predicted octanol–water partition coefficient (Wildman–Crippen LogP) is 2.49. The molecular weight excluding hydrogens is 262 g/mol. The maximum atomic E-state index is 10.5. The van der Waals surface area contributed by atoms with Crippen LogP contribution in [0.2, 0.25) is 5.15 Å². The van der Waals surface area contributed by atoms with Gasteiger partial charge in [-0.15, -0.1) is 0 Å². The normalized spacial score (nSPS) is 27.7. The van der Waals surface area contributed by atoms with E-state index in [1.54, 1.807) is 6.20 Å². The first-order valence-electron chi connectivity index (χ1n) is 7.13. The summed E-state index contributed by atoms with van der Waals surface area (Å²) in [7, 11) is 1.90. The van der Waals surface area contributed by atoms with Crippen LogP contribution in [0.3, 0.4) is 0 Å². The van der Waals surface area contributed by atoms with E-state index in [4.69, 9.17) is 11.6 Å². The molecule has 0 unspecified atom stereocenters. The summed E-state index contributed by atoms with van der Waals surface area (Å²) >= 11 is 5.94. The molecule has 2 rings (SSSR count). The zero-order valence-electron chi connectivity index (χ0n) is 11.8. The highest BCUT2D eigenvalue weighted by atomic mass is 35.5. The van der Waals surface area contributed by atoms with E-state index in [9.17, 15) is 5.11 Å². The molecule has 0 bridgehead atoms. The van der Waals surface area contributed by atoms with Gasteiger partial charge in [0.05, 0.1) is 18.3 Å². The number of rotatable bonds is 5. The fourth-order valence-corrected chi connectivity index (χ4v) is 2.94. The number of aliphatic hydroxyl groups is 1. The molecule has 5 heteroatoms. The largest absolute Gasteiger partial charge is 0.389 e. The fraction of sp³-hybridized carbons (Fsp3) is 0.786. The summed E-state index contributed by atoms with van der Waals surface area (Å²) in [5, 5.41) is 14.5. The van der Waals surface area contributed by atoms with E-state index in [-0.39, 0.29) is 0 Å². The Morgan fingerprint density at radius 1 is 1.53 bits per heavy atom. The minimum absolute atomic E-state index is 0.541. The van der Waals surface area contributed by atoms with Gasteiger partial charge in [0.2, 0.25) is 0 Å². The molecule has 0 radical (unpaired) electrons. The summed E-state index contributed by atoms with van der Waals surface area (Å²) < 4.78 is 1.85. The van der Waals surface area contributed by atoms with Crippen LogP contribution in [0.25, 0.3) is 0 Å². The van der Waals surface area contributed by atoms with E-state index < -0.39 is 5.60 Å². The molecule has 2 N–H and O–H groups in total. The van der Waals surface area contributed by atoms with Crippen molar-refractivity contribution >= 4 is 11.6 Å². The number of hydrogen-bond acceptors (Lipinski definition) is 3. The third-order valence-electron chi connectivity index (χ3n) is 4.38. The van der Waals surface area contributed by atoms with Crippen LogP contribution in [0.4, 0.5) is 0 Å². The zero-order valence-corrected chi connectivity index (χ0v) is 12.6. The summed E-state index contributed by atoms with van der Waals surface area (Å²) in [6, 6.07) is 0. The summed E-state index contributed by atoms with van der Waals surface area (Å²) in [6.07, 6.45) is 6.97. The smallest absolute Gasteiger partial charge is 0.128 e. The van der Waals surface area contributed by atoms with Crippen molar-refractivity contribution in [1.29, 1.82) is 0 Å². The highest BCUT2D eigenvalue weighted by Crippen LogP contribution is 2.33. The van der Waals surface area contributed by atoms with E-state index >= 15 is 0 Å². The molecule has 0 amide bonds. The second-order valence-electron chi connectivity index (χ2n) is 5.74. The maximum Gasteiger partial charge on any atom is 0.128 e. The molecule has 0 spiro atoms. The number of nitrogens with one attached hydrogen (secondary N) is 1. The molecule has 1 fully saturated rings. The van der Waals surface area contributed by atoms with E-state index in [2.05, 4.69) is 17.2 Å². The third-order valence-corrected chi connectivity index (χ3v) is 4.73. The van der Waals surface area contributed by atoms with Gasteiger partial charge in [0, 0.05) is 13.6 Å². The fourth-order valence-electron chi connectivity index (χ4n) is 2.80. The highest BCUT2D eigenvalue weighted by Gasteiger charge is 2.32. The number of hydrogen-bond donors (Lipinski definition) is 2. The van der Waals surface area contributed by atoms with Crippen LogP contribution >= 0.6 is 11.6 Å². The van der Waals surface area contributed by atoms with E-state index in [1.807, 2.05) is 11.6 Å². The van der Waals surface area contributed by atoms with Gasteiger partial charge in [0.25, 0.3) is 0 Å². The van der Waals surface area contributed by atoms with E-state index in [0.717, 1.165) is 37.4 Å². The van der Waals surface area contributed by atoms with E-state index in [0.29, 0.717) is 18.2 Å². The van der Waals surface area contributed by atoms with Crippen molar-refractivity contribution in [3.05, 3.63) is 17.2 Å². The first-order chi connectivity index (χ1) is 9.04. The van der Waals surface area contributed by atoms with Crippen molar-refractivity contribution in [2.24, 2.45) is 13.0 Å². The minimum Gasteiger partial charge on any atom is -0.389 e. The summed E-state index contributed by atoms with van der Waals surface area (Å²) in [6.45, 7) is 3.51. The Bertz CT molecular complexity index is 411. The summed E-state index contributed by atoms with van der Waals surface area (Å²) in [5.74, 6) is 1.70. The third kappa shape index (κ3) is 3.71. The maximum absolute atomic E-state index is 10.5. The van der Waals surface area contributed by atoms with Gasteiger partial charge in [-0.05, 0) is 31.6 Å². The van der Waals surface area contributed by atoms with E-state index in [1.165, 1.54) is 6.42 Å². The molecule has 0 atom stereocenters. The Balaban J connectivity index is 1.78. The SMILES string of the molecule is CCC1CCC(O)(CNCc2ncc(Cl)n2C)CC1. The van der Waals surface area contributed by atoms with Crippen LogP contribution in [0, 0.1) is 5.92 Å². The number of nitrogens with zero attached hydrogens (tertiary/aromatic N) is 2. The number of halogens is 1. The molecule has 19 heavy (non-hydrogen) atoms. The van der Waals surface area contributed by atoms with Crippen molar-refractivity contribution in [1.82, 2.24) is 14.9 Å². The lowest BCUT2D eigenvalue weighted by molar-refractivity contribution is -0.00895. The van der Waals surface area contributed by atoms with Crippen molar-refractivity contribution in [2.45, 2.75) is 51.2 Å². The second-order valence-corrected chi connectivity index (χ2v) is 6.12. The molecule has 0 aliphatic heterocycles. The summed E-state index contributed by atoms with van der Waals surface area (Å²) in [4.78, 5) is 4.23. The van der Waals surface area contributed by atoms with Gasteiger partial charge in [0.1, 0.15) is 11.0 Å². The first-order valence-corrected chi connectivity index (χ1v) is 7.51. The van der Waals surface area contributed by atoms with Gasteiger partial charge >= 0.3 is 0 Å². The Labute approximate surface area is 120 Å². The highest BCUT2D eigenvalue weighted by molar-refractivity contribution is 6.29. The lowest BCUT2D eigenvalue weighted by Crippen LogP contribution is -2.43. The number of imidazole rings is 1. The first kappa shape index (κ1) is 14.8. The van der Waals surface area contributed by atoms with Gasteiger partial charge in [-0.1, -0.05) is 24.9 Å². The average Bonchev–Trinajstić information content (AvgIpc) is 2.72. The van der Waals surface area contributed by atoms with Gasteiger partial charge in [0.15, 0.2) is 0 Å². The van der Waals surface area contributed by atoms with Crippen molar-refractivity contribution in [3.63, 3.8) is 0 Å². The quantitative estimate of drug-likeness (QED) is 0.874. The standard InChI is InChI=1S/C14H24ClN3O/c1-3-11-4-6-14(19,7-5-11)10-16-9-13-17-8-12(15)18(13)2/h8,11,16,19H,3-7,9-10H2,1-2H3. The molecule has 1 saturated carbocycles. The number of aromatic nitrogens is 2. The molecule has 4 nitrogen and oxygen atoms in total. The Morgan fingerprint density at radius 2 is 2.21 bits per heavy atom. The van der Waals surface area contributed by atoms with Crippen LogP contribution in [-0.2, 0) is 13.6 Å². The Hall–Kier alpha value is -0.580. The molecular formula is C14H24ClN3O. The van der Waals surface area contributed by atoms with Crippen LogP contribution in [0.1, 0.15) is 44.9 Å². The van der Waals surface area contributed by atoms with Crippen LogP contribution < -0.4 is 5.32 Å². The second kappa shape index (κ2) is 6.25. The van der Waals surface area contributed by atoms with Gasteiger partial charge in [-0.3, -0.25) is 0 Å². The van der Waals surface area contributed by atoms with Crippen molar-refractivity contribution in [3.8, 4) is 0 Å².